The Morgan fingerprint density at radius 2 is 1.53 bits per heavy atom. The highest BCUT2D eigenvalue weighted by atomic mass is 35.5. The predicted molar refractivity (Wildman–Crippen MR) is 191 cm³/mol. The average molecular weight is 717 g/mol. The maximum absolute atomic E-state index is 14.4. The zero-order valence-corrected chi connectivity index (χ0v) is 30.4. The third-order valence-electron chi connectivity index (χ3n) is 8.10. The number of hydrogen-bond donors (Lipinski definition) is 4. The quantitative estimate of drug-likeness (QED) is 0.161. The second kappa shape index (κ2) is 17.3. The molecule has 1 heterocycles. The molecule has 0 fully saturated rings. The van der Waals surface area contributed by atoms with E-state index >= 15 is 0 Å². The summed E-state index contributed by atoms with van der Waals surface area (Å²) in [5, 5.41) is 18.9. The van der Waals surface area contributed by atoms with Crippen LogP contribution in [0.2, 0.25) is 0 Å². The highest BCUT2D eigenvalue weighted by molar-refractivity contribution is 7.91. The third kappa shape index (κ3) is 11.4. The number of rotatable bonds is 16. The Bertz CT molecular complexity index is 1630. The van der Waals surface area contributed by atoms with Crippen molar-refractivity contribution >= 4 is 34.1 Å². The Kier molecular flexibility index (Phi) is 14.0. The first-order valence-electron chi connectivity index (χ1n) is 16.2. The van der Waals surface area contributed by atoms with Gasteiger partial charge in [0.1, 0.15) is 6.04 Å². The molecule has 4 rings (SSSR count). The van der Waals surface area contributed by atoms with E-state index in [-0.39, 0.29) is 49.1 Å². The molecule has 3 aromatic carbocycles. The molecule has 0 saturated carbocycles. The molecule has 0 aromatic heterocycles. The van der Waals surface area contributed by atoms with Gasteiger partial charge in [-0.05, 0) is 48.4 Å². The molecule has 3 atom stereocenters. The Hall–Kier alpha value is -3.68. The fraction of sp³-hybridized carbons (Fsp3) is 0.444. The molecule has 13 heteroatoms. The monoisotopic (exact) mass is 716 g/mol. The smallest absolute Gasteiger partial charge is 0.260 e. The molecule has 0 spiro atoms. The summed E-state index contributed by atoms with van der Waals surface area (Å²) in [6.45, 7) is 9.24. The molecular formula is C36H49ClN4O7S. The summed E-state index contributed by atoms with van der Waals surface area (Å²) in [7, 11) is -3.96. The van der Waals surface area contributed by atoms with Crippen molar-refractivity contribution in [3.05, 3.63) is 90.0 Å². The first-order chi connectivity index (χ1) is 22.7. The van der Waals surface area contributed by atoms with Crippen LogP contribution in [-0.4, -0.2) is 73.7 Å². The number of amides is 2. The molecule has 0 aliphatic carbocycles. The summed E-state index contributed by atoms with van der Waals surface area (Å²) in [6.07, 6.45) is 1.05. The van der Waals surface area contributed by atoms with Crippen molar-refractivity contribution in [2.45, 2.75) is 76.6 Å². The number of nitrogens with zero attached hydrogens (tertiary/aromatic N) is 1. The lowest BCUT2D eigenvalue weighted by Gasteiger charge is -2.40. The maximum atomic E-state index is 14.4. The van der Waals surface area contributed by atoms with Crippen molar-refractivity contribution in [2.75, 3.05) is 25.6 Å². The van der Waals surface area contributed by atoms with Gasteiger partial charge in [0.25, 0.3) is 5.91 Å². The number of ether oxygens (including phenoxy) is 2. The normalized spacial score (nSPS) is 15.0. The van der Waals surface area contributed by atoms with Crippen LogP contribution in [0.3, 0.4) is 0 Å². The molecule has 3 aromatic rings. The number of carbonyl (C=O) groups excluding carboxylic acids is 2. The summed E-state index contributed by atoms with van der Waals surface area (Å²) < 4.78 is 37.4. The van der Waals surface area contributed by atoms with Gasteiger partial charge in [0.05, 0.1) is 28.8 Å². The van der Waals surface area contributed by atoms with Crippen LogP contribution >= 0.6 is 12.4 Å². The van der Waals surface area contributed by atoms with Crippen molar-refractivity contribution in [1.82, 2.24) is 21.1 Å². The molecule has 2 amide bonds. The van der Waals surface area contributed by atoms with Crippen molar-refractivity contribution in [3.8, 4) is 11.5 Å². The van der Waals surface area contributed by atoms with Crippen LogP contribution < -0.4 is 25.5 Å². The molecular weight excluding hydrogens is 668 g/mol. The first kappa shape index (κ1) is 39.8. The lowest BCUT2D eigenvalue weighted by Crippen LogP contribution is -2.63. The minimum atomic E-state index is -3.96. The van der Waals surface area contributed by atoms with Gasteiger partial charge >= 0.3 is 0 Å². The Balaban J connectivity index is 0.00000650. The van der Waals surface area contributed by atoms with Gasteiger partial charge in [-0.1, -0.05) is 88.4 Å². The summed E-state index contributed by atoms with van der Waals surface area (Å²) >= 11 is 0. The summed E-state index contributed by atoms with van der Waals surface area (Å²) in [6, 6.07) is 22.4. The van der Waals surface area contributed by atoms with E-state index in [2.05, 4.69) is 16.1 Å². The molecule has 4 N–H and O–H groups in total. The van der Waals surface area contributed by atoms with Crippen LogP contribution in [0.25, 0.3) is 0 Å². The van der Waals surface area contributed by atoms with E-state index in [1.165, 1.54) is 30.1 Å². The summed E-state index contributed by atoms with van der Waals surface area (Å²) in [5.74, 6) is -0.569. The Morgan fingerprint density at radius 3 is 2.14 bits per heavy atom. The fourth-order valence-corrected chi connectivity index (χ4v) is 7.13. The summed E-state index contributed by atoms with van der Waals surface area (Å²) in [4.78, 5) is 27.6. The second-order valence-corrected chi connectivity index (χ2v) is 15.5. The predicted octanol–water partition coefficient (Wildman–Crippen LogP) is 4.04. The van der Waals surface area contributed by atoms with Gasteiger partial charge < -0.3 is 25.2 Å². The lowest BCUT2D eigenvalue weighted by atomic mass is 9.85. The van der Waals surface area contributed by atoms with Gasteiger partial charge in [-0.15, -0.1) is 12.4 Å². The number of sulfone groups is 1. The van der Waals surface area contributed by atoms with Crippen LogP contribution in [0, 0.1) is 5.41 Å². The van der Waals surface area contributed by atoms with Gasteiger partial charge in [0.2, 0.25) is 12.7 Å². The SMILES string of the molecule is CC[C@@H](Cc1ccccc1)N(NC[C@@](C)(O)CS(=O)(=O)c1ccc2c(c1)OCO2)C(=O)C(NC(=O)CNCc1ccccc1)C(C)(C)C.Cl. The molecule has 0 saturated heterocycles. The number of hydrogen-bond acceptors (Lipinski definition) is 9. The number of halogens is 1. The van der Waals surface area contributed by atoms with Gasteiger partial charge in [-0.3, -0.25) is 14.6 Å². The zero-order chi connectivity index (χ0) is 35.0. The van der Waals surface area contributed by atoms with Crippen LogP contribution in [0.4, 0.5) is 0 Å². The number of nitrogens with one attached hydrogen (secondary N) is 3. The van der Waals surface area contributed by atoms with Gasteiger partial charge in [0, 0.05) is 19.2 Å². The molecule has 1 aliphatic heterocycles. The summed E-state index contributed by atoms with van der Waals surface area (Å²) in [5.41, 5.74) is 2.67. The maximum Gasteiger partial charge on any atom is 0.260 e. The average Bonchev–Trinajstić information content (AvgIpc) is 3.51. The van der Waals surface area contributed by atoms with E-state index in [1.54, 1.807) is 0 Å². The Morgan fingerprint density at radius 1 is 0.918 bits per heavy atom. The highest BCUT2D eigenvalue weighted by Gasteiger charge is 2.39. The standard InChI is InChI=1S/C36H48N4O7S.ClH/c1-6-28(19-26-13-9-7-10-14-26)40(34(42)33(35(2,3)4)39-32(41)22-37-21-27-15-11-8-12-16-27)38-23-36(5,43)24-48(44,45)29-17-18-30-31(20-29)47-25-46-30;/h7-18,20,28,33,37-38,43H,6,19,21-25H2,1-5H3,(H,39,41);1H/t28-,33?,36+;/m0./s1. The van der Waals surface area contributed by atoms with E-state index in [0.29, 0.717) is 30.9 Å². The Labute approximate surface area is 296 Å². The van der Waals surface area contributed by atoms with Crippen molar-refractivity contribution in [3.63, 3.8) is 0 Å². The van der Waals surface area contributed by atoms with Crippen LogP contribution in [0.15, 0.2) is 83.8 Å². The third-order valence-corrected chi connectivity index (χ3v) is 10.1. The number of fused-ring (bicyclic) bond motifs is 1. The van der Waals surface area contributed by atoms with E-state index < -0.39 is 38.6 Å². The number of carbonyl (C=O) groups is 2. The number of benzene rings is 3. The van der Waals surface area contributed by atoms with Gasteiger partial charge in [0.15, 0.2) is 21.3 Å². The molecule has 11 nitrogen and oxygen atoms in total. The molecule has 1 unspecified atom stereocenters. The first-order valence-corrected chi connectivity index (χ1v) is 17.8. The van der Waals surface area contributed by atoms with Crippen LogP contribution in [0.5, 0.6) is 11.5 Å². The minimum Gasteiger partial charge on any atom is -0.454 e. The lowest BCUT2D eigenvalue weighted by molar-refractivity contribution is -0.146. The minimum absolute atomic E-state index is 0. The topological polar surface area (TPSA) is 146 Å². The highest BCUT2D eigenvalue weighted by Crippen LogP contribution is 2.34. The van der Waals surface area contributed by atoms with Crippen molar-refractivity contribution in [1.29, 1.82) is 0 Å². The number of aliphatic hydroxyl groups is 1. The van der Waals surface area contributed by atoms with Crippen molar-refractivity contribution in [2.24, 2.45) is 5.41 Å². The second-order valence-electron chi connectivity index (χ2n) is 13.5. The molecule has 0 bridgehead atoms. The van der Waals surface area contributed by atoms with E-state index in [1.807, 2.05) is 88.4 Å². The van der Waals surface area contributed by atoms with Crippen LogP contribution in [-0.2, 0) is 32.4 Å². The van der Waals surface area contributed by atoms with E-state index in [4.69, 9.17) is 9.47 Å². The molecule has 0 radical (unpaired) electrons. The van der Waals surface area contributed by atoms with Crippen molar-refractivity contribution < 1.29 is 32.6 Å². The molecule has 1 aliphatic rings. The van der Waals surface area contributed by atoms with E-state index in [0.717, 1.165) is 11.1 Å². The molecule has 268 valence electrons. The van der Waals surface area contributed by atoms with Crippen LogP contribution in [0.1, 0.15) is 52.2 Å². The van der Waals surface area contributed by atoms with Gasteiger partial charge in [-0.25, -0.2) is 13.8 Å². The largest absolute Gasteiger partial charge is 0.454 e. The number of hydrazine groups is 1. The van der Waals surface area contributed by atoms with E-state index in [9.17, 15) is 23.1 Å². The van der Waals surface area contributed by atoms with Gasteiger partial charge in [-0.2, -0.15) is 0 Å². The fourth-order valence-electron chi connectivity index (χ4n) is 5.48. The molecule has 49 heavy (non-hydrogen) atoms. The zero-order valence-electron chi connectivity index (χ0n) is 28.8.